The van der Waals surface area contributed by atoms with Crippen molar-refractivity contribution in [1.29, 1.82) is 0 Å². The number of ether oxygens (including phenoxy) is 1. The summed E-state index contributed by atoms with van der Waals surface area (Å²) >= 11 is 0. The van der Waals surface area contributed by atoms with Crippen molar-refractivity contribution < 1.29 is 23.9 Å². The third-order valence-electron chi connectivity index (χ3n) is 3.13. The molecule has 0 fully saturated rings. The first kappa shape index (κ1) is 14.9. The van der Waals surface area contributed by atoms with Crippen LogP contribution >= 0.6 is 0 Å². The van der Waals surface area contributed by atoms with Gasteiger partial charge in [0.1, 0.15) is 0 Å². The summed E-state index contributed by atoms with van der Waals surface area (Å²) in [4.78, 5) is 48.0. The van der Waals surface area contributed by atoms with Crippen LogP contribution in [0.2, 0.25) is 0 Å². The Morgan fingerprint density at radius 3 is 2.14 bits per heavy atom. The fourth-order valence-corrected chi connectivity index (χ4v) is 2.11. The van der Waals surface area contributed by atoms with Crippen molar-refractivity contribution in [3.63, 3.8) is 0 Å². The van der Waals surface area contributed by atoms with E-state index in [2.05, 4.69) is 0 Å². The van der Waals surface area contributed by atoms with Crippen LogP contribution in [0.25, 0.3) is 0 Å². The van der Waals surface area contributed by atoms with Gasteiger partial charge in [-0.05, 0) is 19.1 Å². The van der Waals surface area contributed by atoms with E-state index in [0.29, 0.717) is 11.1 Å². The van der Waals surface area contributed by atoms with Crippen molar-refractivity contribution in [2.45, 2.75) is 19.8 Å². The highest BCUT2D eigenvalue weighted by molar-refractivity contribution is 6.22. The summed E-state index contributed by atoms with van der Waals surface area (Å²) in [5.74, 6) is -1.76. The highest BCUT2D eigenvalue weighted by Crippen LogP contribution is 2.22. The zero-order valence-corrected chi connectivity index (χ0v) is 11.6. The van der Waals surface area contributed by atoms with Crippen molar-refractivity contribution in [2.24, 2.45) is 0 Å². The molecule has 0 bridgehead atoms. The molecule has 1 aliphatic heterocycles. The van der Waals surface area contributed by atoms with E-state index < -0.39 is 17.8 Å². The first-order valence-electron chi connectivity index (χ1n) is 6.67. The SMILES string of the molecule is CCOC(=O)CCC(=O)CN1C(=O)c2ccccc2C1=O. The second-order valence-corrected chi connectivity index (χ2v) is 4.59. The zero-order valence-electron chi connectivity index (χ0n) is 11.6. The van der Waals surface area contributed by atoms with Gasteiger partial charge in [0, 0.05) is 6.42 Å². The number of nitrogens with zero attached hydrogens (tertiary/aromatic N) is 1. The van der Waals surface area contributed by atoms with Crippen LogP contribution in [0.15, 0.2) is 24.3 Å². The average molecular weight is 289 g/mol. The number of rotatable bonds is 6. The van der Waals surface area contributed by atoms with E-state index >= 15 is 0 Å². The van der Waals surface area contributed by atoms with Crippen LogP contribution in [0.5, 0.6) is 0 Å². The minimum absolute atomic E-state index is 0.0458. The third-order valence-corrected chi connectivity index (χ3v) is 3.13. The second-order valence-electron chi connectivity index (χ2n) is 4.59. The maximum Gasteiger partial charge on any atom is 0.306 e. The van der Waals surface area contributed by atoms with Gasteiger partial charge in [0.15, 0.2) is 5.78 Å². The first-order valence-corrected chi connectivity index (χ1v) is 6.67. The first-order chi connectivity index (χ1) is 10.0. The number of fused-ring (bicyclic) bond motifs is 1. The molecule has 2 rings (SSSR count). The number of ketones is 1. The standard InChI is InChI=1S/C15H15NO5/c1-2-21-13(18)8-7-10(17)9-16-14(19)11-5-3-4-6-12(11)15(16)20/h3-6H,2,7-9H2,1H3. The average Bonchev–Trinajstić information content (AvgIpc) is 2.71. The largest absolute Gasteiger partial charge is 0.466 e. The number of hydrogen-bond acceptors (Lipinski definition) is 5. The summed E-state index contributed by atoms with van der Waals surface area (Å²) in [7, 11) is 0. The van der Waals surface area contributed by atoms with Crippen LogP contribution in [0.1, 0.15) is 40.5 Å². The summed E-state index contributed by atoms with van der Waals surface area (Å²) in [6, 6.07) is 6.43. The van der Waals surface area contributed by atoms with Crippen molar-refractivity contribution in [2.75, 3.05) is 13.2 Å². The number of esters is 1. The van der Waals surface area contributed by atoms with Crippen molar-refractivity contribution >= 4 is 23.6 Å². The van der Waals surface area contributed by atoms with Gasteiger partial charge in [0.05, 0.1) is 30.7 Å². The molecule has 0 aromatic heterocycles. The smallest absolute Gasteiger partial charge is 0.306 e. The van der Waals surface area contributed by atoms with Gasteiger partial charge in [-0.15, -0.1) is 0 Å². The van der Waals surface area contributed by atoms with Gasteiger partial charge in [-0.1, -0.05) is 12.1 Å². The van der Waals surface area contributed by atoms with Crippen LogP contribution in [0.3, 0.4) is 0 Å². The molecule has 0 saturated heterocycles. The molecular weight excluding hydrogens is 274 g/mol. The maximum absolute atomic E-state index is 12.0. The summed E-state index contributed by atoms with van der Waals surface area (Å²) < 4.78 is 4.72. The number of amides is 2. The van der Waals surface area contributed by atoms with E-state index in [1.165, 1.54) is 0 Å². The van der Waals surface area contributed by atoms with Crippen molar-refractivity contribution in [1.82, 2.24) is 4.90 Å². The summed E-state index contributed by atoms with van der Waals surface area (Å²) in [5, 5.41) is 0. The van der Waals surface area contributed by atoms with Crippen LogP contribution in [-0.2, 0) is 14.3 Å². The van der Waals surface area contributed by atoms with E-state index in [0.717, 1.165) is 4.90 Å². The molecule has 0 radical (unpaired) electrons. The lowest BCUT2D eigenvalue weighted by Crippen LogP contribution is -2.35. The van der Waals surface area contributed by atoms with E-state index in [4.69, 9.17) is 4.74 Å². The molecule has 21 heavy (non-hydrogen) atoms. The molecule has 0 unspecified atom stereocenters. The minimum Gasteiger partial charge on any atom is -0.466 e. The molecule has 6 nitrogen and oxygen atoms in total. The fourth-order valence-electron chi connectivity index (χ4n) is 2.11. The lowest BCUT2D eigenvalue weighted by molar-refractivity contribution is -0.144. The van der Waals surface area contributed by atoms with E-state index in [9.17, 15) is 19.2 Å². The van der Waals surface area contributed by atoms with Gasteiger partial charge in [0.25, 0.3) is 11.8 Å². The number of benzene rings is 1. The Morgan fingerprint density at radius 1 is 1.05 bits per heavy atom. The van der Waals surface area contributed by atoms with Gasteiger partial charge in [-0.25, -0.2) is 0 Å². The van der Waals surface area contributed by atoms with Gasteiger partial charge in [0.2, 0.25) is 0 Å². The summed E-state index contributed by atoms with van der Waals surface area (Å²) in [6.45, 7) is 1.62. The maximum atomic E-state index is 12.0. The molecule has 2 amide bonds. The Kier molecular flexibility index (Phi) is 4.47. The molecule has 6 heteroatoms. The Balaban J connectivity index is 1.96. The number of carbonyl (C=O) groups excluding carboxylic acids is 4. The molecule has 1 aromatic rings. The van der Waals surface area contributed by atoms with Gasteiger partial charge >= 0.3 is 5.97 Å². The van der Waals surface area contributed by atoms with Crippen LogP contribution in [-0.4, -0.2) is 41.6 Å². The van der Waals surface area contributed by atoms with Gasteiger partial charge in [-0.3, -0.25) is 24.1 Å². The Morgan fingerprint density at radius 2 is 1.62 bits per heavy atom. The topological polar surface area (TPSA) is 80.8 Å². The molecule has 0 atom stereocenters. The number of carbonyl (C=O) groups is 4. The zero-order chi connectivity index (χ0) is 15.4. The molecule has 1 heterocycles. The fraction of sp³-hybridized carbons (Fsp3) is 0.333. The van der Waals surface area contributed by atoms with Crippen LogP contribution < -0.4 is 0 Å². The molecule has 1 aromatic carbocycles. The predicted molar refractivity (Wildman–Crippen MR) is 72.7 cm³/mol. The minimum atomic E-state index is -0.472. The highest BCUT2D eigenvalue weighted by atomic mass is 16.5. The molecule has 0 aliphatic carbocycles. The van der Waals surface area contributed by atoms with E-state index in [-0.39, 0.29) is 31.8 Å². The molecular formula is C15H15NO5. The quantitative estimate of drug-likeness (QED) is 0.580. The molecule has 110 valence electrons. The number of hydrogen-bond donors (Lipinski definition) is 0. The second kappa shape index (κ2) is 6.30. The van der Waals surface area contributed by atoms with Crippen molar-refractivity contribution in [3.05, 3.63) is 35.4 Å². The lowest BCUT2D eigenvalue weighted by Gasteiger charge is -2.12. The van der Waals surface area contributed by atoms with E-state index in [1.54, 1.807) is 31.2 Å². The lowest BCUT2D eigenvalue weighted by atomic mass is 10.1. The number of imide groups is 1. The normalized spacial score (nSPS) is 13.3. The molecule has 0 spiro atoms. The van der Waals surface area contributed by atoms with Crippen molar-refractivity contribution in [3.8, 4) is 0 Å². The summed E-state index contributed by atoms with van der Waals surface area (Å²) in [6.07, 6.45) is -0.0952. The van der Waals surface area contributed by atoms with Gasteiger partial charge in [-0.2, -0.15) is 0 Å². The predicted octanol–water partition coefficient (Wildman–Crippen LogP) is 1.19. The van der Waals surface area contributed by atoms with E-state index in [1.807, 2.05) is 0 Å². The summed E-state index contributed by atoms with van der Waals surface area (Å²) in [5.41, 5.74) is 0.612. The highest BCUT2D eigenvalue weighted by Gasteiger charge is 2.35. The molecule has 1 aliphatic rings. The Labute approximate surface area is 121 Å². The number of Topliss-reactive ketones (excluding diaryl/α,β-unsaturated/α-hetero) is 1. The van der Waals surface area contributed by atoms with Crippen LogP contribution in [0.4, 0.5) is 0 Å². The molecule has 0 saturated carbocycles. The van der Waals surface area contributed by atoms with Gasteiger partial charge < -0.3 is 4.74 Å². The Hall–Kier alpha value is -2.50. The molecule has 0 N–H and O–H groups in total. The Bertz CT molecular complexity index is 573. The third kappa shape index (κ3) is 3.16. The monoisotopic (exact) mass is 289 g/mol. The van der Waals surface area contributed by atoms with Crippen LogP contribution in [0, 0.1) is 0 Å².